The van der Waals surface area contributed by atoms with Gasteiger partial charge in [-0.25, -0.2) is 15.0 Å². The number of fused-ring (bicyclic) bond motifs is 1. The van der Waals surface area contributed by atoms with Crippen molar-refractivity contribution in [2.24, 2.45) is 4.99 Å². The van der Waals surface area contributed by atoms with Gasteiger partial charge in [0.1, 0.15) is 5.52 Å². The Kier molecular flexibility index (Phi) is 4.49. The van der Waals surface area contributed by atoms with Gasteiger partial charge in [0.25, 0.3) is 0 Å². The molecular weight excluding hydrogens is 369 g/mol. The normalized spacial score (nSPS) is 12.0. The fourth-order valence-corrected chi connectivity index (χ4v) is 3.23. The van der Waals surface area contributed by atoms with Gasteiger partial charge in [-0.3, -0.25) is 0 Å². The Hall–Kier alpha value is -2.63. The van der Waals surface area contributed by atoms with Crippen LogP contribution >= 0.6 is 23.2 Å². The second-order valence-corrected chi connectivity index (χ2v) is 6.76. The van der Waals surface area contributed by atoms with Crippen LogP contribution < -0.4 is 5.49 Å². The zero-order valence-electron chi connectivity index (χ0n) is 13.9. The average molecular weight is 384 g/mol. The van der Waals surface area contributed by atoms with E-state index >= 15 is 0 Å². The molecule has 0 atom stereocenters. The predicted molar refractivity (Wildman–Crippen MR) is 104 cm³/mol. The third-order valence-corrected chi connectivity index (χ3v) is 4.80. The quantitative estimate of drug-likeness (QED) is 0.559. The molecule has 0 saturated carbocycles. The van der Waals surface area contributed by atoms with E-state index in [1.165, 1.54) is 5.56 Å². The number of benzene rings is 2. The first kappa shape index (κ1) is 16.8. The van der Waals surface area contributed by atoms with E-state index in [9.17, 15) is 0 Å². The molecule has 0 bridgehead atoms. The summed E-state index contributed by atoms with van der Waals surface area (Å²) in [5.41, 5.74) is 4.94. The van der Waals surface area contributed by atoms with Crippen molar-refractivity contribution in [2.75, 3.05) is 0 Å². The molecule has 0 fully saturated rings. The number of halogens is 2. The molecule has 1 N–H and O–H groups in total. The van der Waals surface area contributed by atoms with Crippen LogP contribution in [0.5, 0.6) is 0 Å². The van der Waals surface area contributed by atoms with Gasteiger partial charge in [-0.15, -0.1) is 0 Å². The number of rotatable bonds is 3. The summed E-state index contributed by atoms with van der Waals surface area (Å²) >= 11 is 12.6. The molecule has 7 heteroatoms. The first-order valence-corrected chi connectivity index (χ1v) is 8.80. The van der Waals surface area contributed by atoms with E-state index in [1.807, 2.05) is 54.0 Å². The lowest BCUT2D eigenvalue weighted by molar-refractivity contribution is 0.786. The molecule has 0 saturated heterocycles. The summed E-state index contributed by atoms with van der Waals surface area (Å²) in [5.74, 6) is 0. The average Bonchev–Trinajstić information content (AvgIpc) is 3.12. The molecule has 4 rings (SSSR count). The van der Waals surface area contributed by atoms with Crippen LogP contribution in [0.15, 0.2) is 60.1 Å². The highest BCUT2D eigenvalue weighted by molar-refractivity contribution is 6.36. The van der Waals surface area contributed by atoms with Gasteiger partial charge in [-0.05, 0) is 31.2 Å². The van der Waals surface area contributed by atoms with Gasteiger partial charge in [0.15, 0.2) is 11.1 Å². The van der Waals surface area contributed by atoms with Gasteiger partial charge in [-0.1, -0.05) is 47.0 Å². The lowest BCUT2D eigenvalue weighted by Gasteiger charge is -2.10. The van der Waals surface area contributed by atoms with Crippen molar-refractivity contribution < 1.29 is 0 Å². The summed E-state index contributed by atoms with van der Waals surface area (Å²) in [6.07, 6.45) is 3.33. The molecule has 0 aliphatic carbocycles. The number of aromatic amines is 1. The Morgan fingerprint density at radius 3 is 2.50 bits per heavy atom. The zero-order valence-corrected chi connectivity index (χ0v) is 15.5. The van der Waals surface area contributed by atoms with Crippen molar-refractivity contribution in [3.05, 3.63) is 81.8 Å². The van der Waals surface area contributed by atoms with Gasteiger partial charge < -0.3 is 9.55 Å². The monoisotopic (exact) mass is 383 g/mol. The van der Waals surface area contributed by atoms with Crippen LogP contribution in [-0.4, -0.2) is 19.5 Å². The standard InChI is InChI=1S/C19H15Cl2N5/c1-12-5-7-13(8-6-12)25-18-17-19(23-10-22-17)26(11-24-18)9-14-15(20)3-2-4-16(14)21/h2-8,10-11H,9H2,1H3,(H,22,23). The first-order valence-electron chi connectivity index (χ1n) is 8.04. The van der Waals surface area contributed by atoms with Crippen LogP contribution in [0.25, 0.3) is 11.2 Å². The van der Waals surface area contributed by atoms with E-state index in [-0.39, 0.29) is 0 Å². The highest BCUT2D eigenvalue weighted by Gasteiger charge is 2.10. The van der Waals surface area contributed by atoms with E-state index in [1.54, 1.807) is 12.7 Å². The minimum absolute atomic E-state index is 0.470. The summed E-state index contributed by atoms with van der Waals surface area (Å²) in [6.45, 7) is 2.51. The predicted octanol–water partition coefficient (Wildman–Crippen LogP) is 4.66. The second kappa shape index (κ2) is 6.94. The lowest BCUT2D eigenvalue weighted by Crippen LogP contribution is -2.14. The SMILES string of the molecule is Cc1ccc(N=c2ncn(Cc3c(Cl)cccc3Cl)c3nc[nH]c23)cc1. The number of nitrogens with zero attached hydrogens (tertiary/aromatic N) is 4. The second-order valence-electron chi connectivity index (χ2n) is 5.94. The number of hydrogen-bond acceptors (Lipinski definition) is 3. The summed E-state index contributed by atoms with van der Waals surface area (Å²) in [7, 11) is 0. The Bertz CT molecular complexity index is 1120. The Morgan fingerprint density at radius 2 is 1.77 bits per heavy atom. The van der Waals surface area contributed by atoms with Crippen LogP contribution in [-0.2, 0) is 6.54 Å². The molecule has 5 nitrogen and oxygen atoms in total. The maximum atomic E-state index is 6.29. The van der Waals surface area contributed by atoms with Crippen molar-refractivity contribution in [3.63, 3.8) is 0 Å². The van der Waals surface area contributed by atoms with E-state index in [0.29, 0.717) is 22.1 Å². The van der Waals surface area contributed by atoms with Crippen LogP contribution in [0.1, 0.15) is 11.1 Å². The molecule has 2 aromatic heterocycles. The molecule has 0 radical (unpaired) electrons. The van der Waals surface area contributed by atoms with Crippen molar-refractivity contribution in [1.82, 2.24) is 19.5 Å². The van der Waals surface area contributed by atoms with Gasteiger partial charge in [-0.2, -0.15) is 0 Å². The van der Waals surface area contributed by atoms with Crippen LogP contribution in [0.4, 0.5) is 5.69 Å². The number of aromatic nitrogens is 4. The van der Waals surface area contributed by atoms with Crippen LogP contribution in [0.2, 0.25) is 10.0 Å². The molecule has 0 amide bonds. The smallest absolute Gasteiger partial charge is 0.181 e. The Morgan fingerprint density at radius 1 is 1.04 bits per heavy atom. The fraction of sp³-hybridized carbons (Fsp3) is 0.105. The number of H-pyrrole nitrogens is 1. The number of hydrogen-bond donors (Lipinski definition) is 1. The van der Waals surface area contributed by atoms with Crippen molar-refractivity contribution >= 4 is 40.1 Å². The number of nitrogens with one attached hydrogen (secondary N) is 1. The summed E-state index contributed by atoms with van der Waals surface area (Å²) in [5, 5.41) is 1.23. The van der Waals surface area contributed by atoms with Crippen molar-refractivity contribution in [3.8, 4) is 0 Å². The molecule has 0 aliphatic heterocycles. The zero-order chi connectivity index (χ0) is 18.1. The molecular formula is C19H15Cl2N5. The largest absolute Gasteiger partial charge is 0.340 e. The highest BCUT2D eigenvalue weighted by atomic mass is 35.5. The maximum Gasteiger partial charge on any atom is 0.181 e. The van der Waals surface area contributed by atoms with Crippen molar-refractivity contribution in [2.45, 2.75) is 13.5 Å². The van der Waals surface area contributed by atoms with E-state index in [2.05, 4.69) is 19.9 Å². The highest BCUT2D eigenvalue weighted by Crippen LogP contribution is 2.25. The van der Waals surface area contributed by atoms with E-state index in [4.69, 9.17) is 23.2 Å². The Balaban J connectivity index is 1.80. The minimum atomic E-state index is 0.470. The van der Waals surface area contributed by atoms with Crippen LogP contribution in [0.3, 0.4) is 0 Å². The maximum absolute atomic E-state index is 6.29. The topological polar surface area (TPSA) is 58.9 Å². The molecule has 0 aliphatic rings. The number of aryl methyl sites for hydroxylation is 1. The van der Waals surface area contributed by atoms with Gasteiger partial charge in [0.05, 0.1) is 24.9 Å². The first-order chi connectivity index (χ1) is 12.6. The van der Waals surface area contributed by atoms with Gasteiger partial charge in [0, 0.05) is 15.6 Å². The molecule has 2 aromatic carbocycles. The number of imidazole rings is 1. The molecule has 0 unspecified atom stereocenters. The fourth-order valence-electron chi connectivity index (χ4n) is 2.71. The molecule has 26 heavy (non-hydrogen) atoms. The Labute approximate surface area is 160 Å². The van der Waals surface area contributed by atoms with E-state index in [0.717, 1.165) is 22.4 Å². The third-order valence-electron chi connectivity index (χ3n) is 4.09. The molecule has 130 valence electrons. The van der Waals surface area contributed by atoms with Gasteiger partial charge in [0.2, 0.25) is 0 Å². The molecule has 2 heterocycles. The summed E-state index contributed by atoms with van der Waals surface area (Å²) in [4.78, 5) is 16.6. The van der Waals surface area contributed by atoms with Crippen molar-refractivity contribution in [1.29, 1.82) is 0 Å². The lowest BCUT2D eigenvalue weighted by atomic mass is 10.2. The van der Waals surface area contributed by atoms with Crippen LogP contribution in [0, 0.1) is 6.92 Å². The molecule has 0 spiro atoms. The summed E-state index contributed by atoms with van der Waals surface area (Å²) in [6, 6.07) is 13.4. The summed E-state index contributed by atoms with van der Waals surface area (Å²) < 4.78 is 1.90. The third kappa shape index (κ3) is 3.23. The minimum Gasteiger partial charge on any atom is -0.340 e. The van der Waals surface area contributed by atoms with E-state index < -0.39 is 0 Å². The molecule has 4 aromatic rings. The van der Waals surface area contributed by atoms with Gasteiger partial charge >= 0.3 is 0 Å².